The van der Waals surface area contributed by atoms with E-state index in [1.165, 1.54) is 25.9 Å². The van der Waals surface area contributed by atoms with E-state index in [9.17, 15) is 0 Å². The standard InChI is InChI=1S/C7H14N2/c1-9-4-7(5-9)3-2-6(7)8/h6H,2-5,8H2,1H3. The molecule has 0 aromatic rings. The van der Waals surface area contributed by atoms with Gasteiger partial charge in [-0.05, 0) is 19.9 Å². The first kappa shape index (κ1) is 5.69. The van der Waals surface area contributed by atoms with Crippen LogP contribution in [0.4, 0.5) is 0 Å². The monoisotopic (exact) mass is 126 g/mol. The molecule has 0 bridgehead atoms. The molecule has 1 spiro atoms. The molecule has 2 nitrogen and oxygen atoms in total. The Bertz CT molecular complexity index is 127. The van der Waals surface area contributed by atoms with Crippen molar-refractivity contribution in [2.24, 2.45) is 11.1 Å². The SMILES string of the molecule is CN1CC2(CCC2N)C1. The second-order valence-electron chi connectivity index (χ2n) is 3.68. The summed E-state index contributed by atoms with van der Waals surface area (Å²) in [5.41, 5.74) is 6.43. The van der Waals surface area contributed by atoms with E-state index in [0.29, 0.717) is 11.5 Å². The molecule has 2 N–H and O–H groups in total. The lowest BCUT2D eigenvalue weighted by molar-refractivity contribution is -0.0633. The van der Waals surface area contributed by atoms with Crippen LogP contribution in [0.2, 0.25) is 0 Å². The van der Waals surface area contributed by atoms with Crippen molar-refractivity contribution in [1.82, 2.24) is 4.90 Å². The molecule has 0 amide bonds. The molecule has 1 saturated heterocycles. The van der Waals surface area contributed by atoms with Crippen LogP contribution < -0.4 is 5.73 Å². The Kier molecular flexibility index (Phi) is 0.945. The molecule has 1 saturated carbocycles. The summed E-state index contributed by atoms with van der Waals surface area (Å²) in [5, 5.41) is 0. The summed E-state index contributed by atoms with van der Waals surface area (Å²) in [6.45, 7) is 2.49. The minimum absolute atomic E-state index is 0.522. The fraction of sp³-hybridized carbons (Fsp3) is 1.00. The summed E-state index contributed by atoms with van der Waals surface area (Å²) in [4.78, 5) is 2.35. The van der Waals surface area contributed by atoms with Crippen LogP contribution in [0.1, 0.15) is 12.8 Å². The lowest BCUT2D eigenvalue weighted by atomic mass is 9.60. The second kappa shape index (κ2) is 1.50. The molecule has 2 fully saturated rings. The highest BCUT2D eigenvalue weighted by molar-refractivity contribution is 5.07. The quantitative estimate of drug-likeness (QED) is 0.496. The zero-order valence-corrected chi connectivity index (χ0v) is 5.93. The number of nitrogens with two attached hydrogens (primary N) is 1. The summed E-state index contributed by atoms with van der Waals surface area (Å²) in [6, 6.07) is 0.522. The normalized spacial score (nSPS) is 40.0. The van der Waals surface area contributed by atoms with E-state index in [1.807, 2.05) is 0 Å². The summed E-state index contributed by atoms with van der Waals surface area (Å²) >= 11 is 0. The Morgan fingerprint density at radius 1 is 1.56 bits per heavy atom. The molecular formula is C7H14N2. The van der Waals surface area contributed by atoms with Crippen LogP contribution in [0.5, 0.6) is 0 Å². The van der Waals surface area contributed by atoms with Gasteiger partial charge in [0.05, 0.1) is 0 Å². The van der Waals surface area contributed by atoms with E-state index in [0.717, 1.165) is 0 Å². The lowest BCUT2D eigenvalue weighted by Crippen LogP contribution is -2.68. The zero-order valence-electron chi connectivity index (χ0n) is 5.93. The Morgan fingerprint density at radius 2 is 2.22 bits per heavy atom. The molecule has 0 aromatic heterocycles. The maximum absolute atomic E-state index is 5.85. The van der Waals surface area contributed by atoms with Gasteiger partial charge in [0, 0.05) is 24.5 Å². The topological polar surface area (TPSA) is 29.3 Å². The minimum atomic E-state index is 0.522. The molecule has 1 atom stereocenters. The number of hydrogen-bond acceptors (Lipinski definition) is 2. The van der Waals surface area contributed by atoms with E-state index in [2.05, 4.69) is 11.9 Å². The Balaban J connectivity index is 1.97. The highest BCUT2D eigenvalue weighted by Crippen LogP contribution is 2.46. The minimum Gasteiger partial charge on any atom is -0.327 e. The predicted octanol–water partition coefficient (Wildman–Crippen LogP) is 0.0393. The Hall–Kier alpha value is -0.0800. The van der Waals surface area contributed by atoms with Crippen LogP contribution in [-0.4, -0.2) is 31.1 Å². The maximum Gasteiger partial charge on any atom is 0.0120 e. The number of likely N-dealkylation sites (tertiary alicyclic amines) is 1. The molecule has 1 unspecified atom stereocenters. The summed E-state index contributed by atoms with van der Waals surface area (Å²) in [6.07, 6.45) is 2.63. The molecule has 1 heterocycles. The Morgan fingerprint density at radius 3 is 2.33 bits per heavy atom. The molecule has 0 aromatic carbocycles. The summed E-state index contributed by atoms with van der Waals surface area (Å²) in [5.74, 6) is 0. The van der Waals surface area contributed by atoms with Crippen molar-refractivity contribution in [3.63, 3.8) is 0 Å². The largest absolute Gasteiger partial charge is 0.327 e. The van der Waals surface area contributed by atoms with Crippen molar-refractivity contribution in [2.45, 2.75) is 18.9 Å². The third-order valence-corrected chi connectivity index (χ3v) is 2.91. The molecule has 52 valence electrons. The van der Waals surface area contributed by atoms with E-state index in [4.69, 9.17) is 5.73 Å². The van der Waals surface area contributed by atoms with E-state index >= 15 is 0 Å². The van der Waals surface area contributed by atoms with Crippen molar-refractivity contribution in [3.05, 3.63) is 0 Å². The van der Waals surface area contributed by atoms with Crippen LogP contribution in [0, 0.1) is 5.41 Å². The molecule has 0 radical (unpaired) electrons. The van der Waals surface area contributed by atoms with Gasteiger partial charge in [-0.2, -0.15) is 0 Å². The van der Waals surface area contributed by atoms with E-state index in [1.54, 1.807) is 0 Å². The first-order valence-electron chi connectivity index (χ1n) is 3.67. The molecule has 2 heteroatoms. The van der Waals surface area contributed by atoms with Gasteiger partial charge in [-0.3, -0.25) is 0 Å². The molecule has 1 aliphatic carbocycles. The third-order valence-electron chi connectivity index (χ3n) is 2.91. The third kappa shape index (κ3) is 0.578. The van der Waals surface area contributed by atoms with Gasteiger partial charge in [0.25, 0.3) is 0 Å². The van der Waals surface area contributed by atoms with E-state index in [-0.39, 0.29) is 0 Å². The van der Waals surface area contributed by atoms with Gasteiger partial charge >= 0.3 is 0 Å². The zero-order chi connectivity index (χ0) is 6.48. The molecule has 1 aliphatic heterocycles. The van der Waals surface area contributed by atoms with Gasteiger partial charge < -0.3 is 10.6 Å². The first-order valence-corrected chi connectivity index (χ1v) is 3.67. The fourth-order valence-corrected chi connectivity index (χ4v) is 2.14. The average molecular weight is 126 g/mol. The van der Waals surface area contributed by atoms with Crippen LogP contribution in [0.3, 0.4) is 0 Å². The van der Waals surface area contributed by atoms with Gasteiger partial charge in [0.2, 0.25) is 0 Å². The molecular weight excluding hydrogens is 112 g/mol. The van der Waals surface area contributed by atoms with Crippen LogP contribution in [-0.2, 0) is 0 Å². The summed E-state index contributed by atoms with van der Waals surface area (Å²) < 4.78 is 0. The number of hydrogen-bond donors (Lipinski definition) is 1. The smallest absolute Gasteiger partial charge is 0.0120 e. The van der Waals surface area contributed by atoms with Gasteiger partial charge in [0.1, 0.15) is 0 Å². The number of rotatable bonds is 0. The highest BCUT2D eigenvalue weighted by Gasteiger charge is 2.51. The van der Waals surface area contributed by atoms with Gasteiger partial charge in [-0.1, -0.05) is 0 Å². The van der Waals surface area contributed by atoms with Gasteiger partial charge in [-0.25, -0.2) is 0 Å². The van der Waals surface area contributed by atoms with Crippen molar-refractivity contribution < 1.29 is 0 Å². The maximum atomic E-state index is 5.85. The molecule has 2 rings (SSSR count). The Labute approximate surface area is 56.0 Å². The molecule has 9 heavy (non-hydrogen) atoms. The van der Waals surface area contributed by atoms with Crippen LogP contribution in [0.15, 0.2) is 0 Å². The fourth-order valence-electron chi connectivity index (χ4n) is 2.14. The summed E-state index contributed by atoms with van der Waals surface area (Å²) in [7, 11) is 2.16. The van der Waals surface area contributed by atoms with Gasteiger partial charge in [0.15, 0.2) is 0 Å². The van der Waals surface area contributed by atoms with Gasteiger partial charge in [-0.15, -0.1) is 0 Å². The van der Waals surface area contributed by atoms with Crippen molar-refractivity contribution >= 4 is 0 Å². The second-order valence-corrected chi connectivity index (χ2v) is 3.68. The highest BCUT2D eigenvalue weighted by atomic mass is 15.2. The number of nitrogens with zero attached hydrogens (tertiary/aromatic N) is 1. The van der Waals surface area contributed by atoms with Crippen molar-refractivity contribution in [1.29, 1.82) is 0 Å². The van der Waals surface area contributed by atoms with E-state index < -0.39 is 0 Å². The first-order chi connectivity index (χ1) is 4.23. The van der Waals surface area contributed by atoms with Crippen LogP contribution in [0.25, 0.3) is 0 Å². The average Bonchev–Trinajstić information content (AvgIpc) is 1.77. The molecule has 2 aliphatic rings. The van der Waals surface area contributed by atoms with Crippen LogP contribution >= 0.6 is 0 Å². The van der Waals surface area contributed by atoms with Crippen molar-refractivity contribution in [3.8, 4) is 0 Å². The predicted molar refractivity (Wildman–Crippen MR) is 37.1 cm³/mol. The lowest BCUT2D eigenvalue weighted by Gasteiger charge is -2.58. The van der Waals surface area contributed by atoms with Crippen molar-refractivity contribution in [2.75, 3.05) is 20.1 Å².